The van der Waals surface area contributed by atoms with Crippen LogP contribution in [-0.4, -0.2) is 53.6 Å². The minimum atomic E-state index is -1.12. The Morgan fingerprint density at radius 2 is 2.04 bits per heavy atom. The maximum Gasteiger partial charge on any atom is 0.251 e. The second-order valence-electron chi connectivity index (χ2n) is 5.05. The van der Waals surface area contributed by atoms with Crippen LogP contribution in [0.1, 0.15) is 0 Å². The van der Waals surface area contributed by atoms with Gasteiger partial charge in [-0.2, -0.15) is 5.10 Å². The molecule has 2 aromatic heterocycles. The van der Waals surface area contributed by atoms with Crippen molar-refractivity contribution in [3.8, 4) is 17.0 Å². The van der Waals surface area contributed by atoms with E-state index >= 15 is 0 Å². The van der Waals surface area contributed by atoms with Crippen molar-refractivity contribution in [1.29, 1.82) is 0 Å². The zero-order valence-electron chi connectivity index (χ0n) is 13.2. The average molecular weight is 364 g/mol. The topological polar surface area (TPSA) is 98.4 Å². The molecule has 0 spiro atoms. The van der Waals surface area contributed by atoms with Gasteiger partial charge in [-0.1, -0.05) is 11.2 Å². The molecule has 0 bridgehead atoms. The Hall–Kier alpha value is -1.81. The Morgan fingerprint density at radius 3 is 2.75 bits per heavy atom. The van der Waals surface area contributed by atoms with Gasteiger partial charge in [-0.05, 0) is 23.3 Å². The largest absolute Gasteiger partial charge is 0.616 e. The normalized spacial score (nSPS) is 13.8. The summed E-state index contributed by atoms with van der Waals surface area (Å²) in [5, 5.41) is 4.15. The average Bonchev–Trinajstić information content (AvgIpc) is 2.98. The van der Waals surface area contributed by atoms with E-state index in [0.29, 0.717) is 34.5 Å². The predicted octanol–water partition coefficient (Wildman–Crippen LogP) is 1.29. The molecule has 0 aliphatic carbocycles. The molecule has 0 amide bonds. The van der Waals surface area contributed by atoms with Gasteiger partial charge in [0.2, 0.25) is 0 Å². The number of ether oxygens (including phenoxy) is 1. The minimum absolute atomic E-state index is 0.305. The third-order valence-corrected chi connectivity index (χ3v) is 4.97. The van der Waals surface area contributed by atoms with Crippen LogP contribution in [0.5, 0.6) is 5.75 Å². The lowest BCUT2D eigenvalue weighted by Crippen LogP contribution is -2.12. The third-order valence-electron chi connectivity index (χ3n) is 3.31. The maximum absolute atomic E-state index is 11.7. The molecule has 2 atom stereocenters. The van der Waals surface area contributed by atoms with Crippen molar-refractivity contribution in [1.82, 2.24) is 19.6 Å². The smallest absolute Gasteiger partial charge is 0.251 e. The van der Waals surface area contributed by atoms with E-state index in [2.05, 4.69) is 15.1 Å². The number of aromatic nitrogens is 4. The first kappa shape index (κ1) is 17.0. The van der Waals surface area contributed by atoms with E-state index in [9.17, 15) is 9.11 Å². The van der Waals surface area contributed by atoms with Gasteiger partial charge in [0.1, 0.15) is 24.4 Å². The van der Waals surface area contributed by atoms with Gasteiger partial charge in [-0.3, -0.25) is 0 Å². The maximum atomic E-state index is 11.7. The SMILES string of the molecule is C[S+]([O-])CCOc1cc([S+](C)[O-])ccc1-c1cn2nccnc2n1. The van der Waals surface area contributed by atoms with Gasteiger partial charge < -0.3 is 13.8 Å². The number of hydrogen-bond acceptors (Lipinski definition) is 6. The first-order chi connectivity index (χ1) is 11.5. The molecule has 0 saturated heterocycles. The molecule has 7 nitrogen and oxygen atoms in total. The highest BCUT2D eigenvalue weighted by Crippen LogP contribution is 2.31. The summed E-state index contributed by atoms with van der Waals surface area (Å²) in [6, 6.07) is 5.33. The van der Waals surface area contributed by atoms with E-state index in [1.807, 2.05) is 6.07 Å². The lowest BCUT2D eigenvalue weighted by molar-refractivity contribution is 0.341. The number of rotatable bonds is 6. The molecule has 0 N–H and O–H groups in total. The molecule has 3 aromatic rings. The first-order valence-corrected chi connectivity index (χ1v) is 10.4. The summed E-state index contributed by atoms with van der Waals surface area (Å²) in [5.41, 5.74) is 1.40. The predicted molar refractivity (Wildman–Crippen MR) is 93.0 cm³/mol. The van der Waals surface area contributed by atoms with Gasteiger partial charge >= 0.3 is 0 Å². The molecular weight excluding hydrogens is 348 g/mol. The van der Waals surface area contributed by atoms with Crippen LogP contribution >= 0.6 is 0 Å². The Bertz CT molecular complexity index is 805. The van der Waals surface area contributed by atoms with Crippen LogP contribution in [0.4, 0.5) is 0 Å². The van der Waals surface area contributed by atoms with Crippen LogP contribution in [0.15, 0.2) is 41.7 Å². The van der Waals surface area contributed by atoms with Crippen molar-refractivity contribution < 1.29 is 13.8 Å². The van der Waals surface area contributed by atoms with Crippen molar-refractivity contribution in [3.05, 3.63) is 36.8 Å². The van der Waals surface area contributed by atoms with Crippen LogP contribution in [0.2, 0.25) is 0 Å². The Balaban J connectivity index is 1.98. The van der Waals surface area contributed by atoms with Crippen molar-refractivity contribution >= 4 is 28.1 Å². The molecule has 0 fully saturated rings. The van der Waals surface area contributed by atoms with Gasteiger partial charge in [0, 0.05) is 11.6 Å². The van der Waals surface area contributed by atoms with E-state index in [1.165, 1.54) is 0 Å². The van der Waals surface area contributed by atoms with Crippen LogP contribution in [0.3, 0.4) is 0 Å². The van der Waals surface area contributed by atoms with Crippen molar-refractivity contribution in [2.75, 3.05) is 24.9 Å². The summed E-state index contributed by atoms with van der Waals surface area (Å²) in [6.07, 6.45) is 8.14. The first-order valence-electron chi connectivity index (χ1n) is 7.11. The molecule has 0 radical (unpaired) electrons. The highest BCUT2D eigenvalue weighted by atomic mass is 32.2. The fourth-order valence-electron chi connectivity index (χ4n) is 2.15. The molecule has 0 saturated carbocycles. The third kappa shape index (κ3) is 3.81. The van der Waals surface area contributed by atoms with E-state index < -0.39 is 22.4 Å². The molecule has 2 unspecified atom stereocenters. The van der Waals surface area contributed by atoms with E-state index in [1.54, 1.807) is 47.8 Å². The number of nitrogens with zero attached hydrogens (tertiary/aromatic N) is 4. The Morgan fingerprint density at radius 1 is 1.21 bits per heavy atom. The highest BCUT2D eigenvalue weighted by molar-refractivity contribution is 7.90. The fraction of sp³-hybridized carbons (Fsp3) is 0.267. The summed E-state index contributed by atoms with van der Waals surface area (Å²) < 4.78 is 30.3. The molecule has 9 heteroatoms. The minimum Gasteiger partial charge on any atom is -0.616 e. The standard InChI is InChI=1S/C15H16N4O3S2/c1-23(20)8-7-22-14-9-11(24(2)21)3-4-12(14)13-10-19-15(18-13)16-5-6-17-19/h3-6,9-10H,7-8H2,1-2H3. The second-order valence-corrected chi connectivity index (χ2v) is 7.99. The zero-order chi connectivity index (χ0) is 17.1. The quantitative estimate of drug-likeness (QED) is 0.611. The Labute approximate surface area is 145 Å². The van der Waals surface area contributed by atoms with Crippen molar-refractivity contribution in [2.45, 2.75) is 4.90 Å². The van der Waals surface area contributed by atoms with Gasteiger partial charge in [-0.15, -0.1) is 0 Å². The highest BCUT2D eigenvalue weighted by Gasteiger charge is 2.16. The fourth-order valence-corrected chi connectivity index (χ4v) is 3.00. The van der Waals surface area contributed by atoms with Gasteiger partial charge in [0.15, 0.2) is 4.90 Å². The number of benzene rings is 1. The zero-order valence-corrected chi connectivity index (χ0v) is 14.8. The summed E-state index contributed by atoms with van der Waals surface area (Å²) in [5.74, 6) is 1.46. The molecule has 2 heterocycles. The summed E-state index contributed by atoms with van der Waals surface area (Å²) >= 11 is -2.06. The molecule has 24 heavy (non-hydrogen) atoms. The van der Waals surface area contributed by atoms with Crippen LogP contribution in [0.25, 0.3) is 17.0 Å². The van der Waals surface area contributed by atoms with Crippen LogP contribution < -0.4 is 4.74 Å². The summed E-state index contributed by atoms with van der Waals surface area (Å²) in [4.78, 5) is 9.24. The molecule has 0 aliphatic heterocycles. The van der Waals surface area contributed by atoms with E-state index in [-0.39, 0.29) is 0 Å². The lowest BCUT2D eigenvalue weighted by atomic mass is 10.1. The molecule has 126 valence electrons. The van der Waals surface area contributed by atoms with Gasteiger partial charge in [0.25, 0.3) is 5.78 Å². The van der Waals surface area contributed by atoms with E-state index in [0.717, 1.165) is 5.56 Å². The van der Waals surface area contributed by atoms with Gasteiger partial charge in [-0.25, -0.2) is 14.5 Å². The van der Waals surface area contributed by atoms with Gasteiger partial charge in [0.05, 0.1) is 30.5 Å². The monoisotopic (exact) mass is 364 g/mol. The molecule has 3 rings (SSSR count). The Kier molecular flexibility index (Phi) is 5.24. The number of hydrogen-bond donors (Lipinski definition) is 0. The van der Waals surface area contributed by atoms with Crippen LogP contribution in [-0.2, 0) is 22.4 Å². The summed E-state index contributed by atoms with van der Waals surface area (Å²) in [7, 11) is 0. The molecule has 1 aromatic carbocycles. The van der Waals surface area contributed by atoms with Crippen molar-refractivity contribution in [3.63, 3.8) is 0 Å². The molecular formula is C15H16N4O3S2. The number of fused-ring (bicyclic) bond motifs is 1. The van der Waals surface area contributed by atoms with Crippen molar-refractivity contribution in [2.24, 2.45) is 0 Å². The van der Waals surface area contributed by atoms with Crippen LogP contribution in [0, 0.1) is 0 Å². The lowest BCUT2D eigenvalue weighted by Gasteiger charge is -2.12. The van der Waals surface area contributed by atoms with E-state index in [4.69, 9.17) is 4.74 Å². The summed E-state index contributed by atoms with van der Waals surface area (Å²) in [6.45, 7) is 0.305. The second kappa shape index (κ2) is 7.39. The number of imidazole rings is 1. The molecule has 0 aliphatic rings.